The molecule has 0 amide bonds. The number of anilines is 1. The van der Waals surface area contributed by atoms with Crippen molar-refractivity contribution < 1.29 is 4.39 Å². The summed E-state index contributed by atoms with van der Waals surface area (Å²) >= 11 is 6.57. The maximum atomic E-state index is 13.6. The van der Waals surface area contributed by atoms with Crippen LogP contribution >= 0.6 is 49.9 Å². The maximum Gasteiger partial charge on any atom is 0.203 e. The summed E-state index contributed by atoms with van der Waals surface area (Å²) in [6.07, 6.45) is 1.58. The van der Waals surface area contributed by atoms with E-state index < -0.39 is 0 Å². The van der Waals surface area contributed by atoms with Gasteiger partial charge in [0.25, 0.3) is 0 Å². The largest absolute Gasteiger partial charge is 0.253 e. The summed E-state index contributed by atoms with van der Waals surface area (Å²) in [4.78, 5) is 4.21. The van der Waals surface area contributed by atoms with Gasteiger partial charge < -0.3 is 0 Å². The highest BCUT2D eigenvalue weighted by Gasteiger charge is 2.07. The van der Waals surface area contributed by atoms with Crippen LogP contribution in [-0.2, 0) is 0 Å². The minimum Gasteiger partial charge on any atom is -0.253 e. The maximum absolute atomic E-state index is 13.6. The first-order chi connectivity index (χ1) is 8.58. The summed E-state index contributed by atoms with van der Waals surface area (Å²) in [5.41, 5.74) is 4.48. The van der Waals surface area contributed by atoms with Crippen LogP contribution in [0.25, 0.3) is 0 Å². The zero-order valence-corrected chi connectivity index (χ0v) is 13.8. The van der Waals surface area contributed by atoms with Gasteiger partial charge in [-0.05, 0) is 51.5 Å². The highest BCUT2D eigenvalue weighted by molar-refractivity contribution is 14.1. The van der Waals surface area contributed by atoms with Crippen LogP contribution in [0.15, 0.2) is 27.1 Å². The Morgan fingerprint density at radius 2 is 2.33 bits per heavy atom. The van der Waals surface area contributed by atoms with E-state index in [0.29, 0.717) is 8.04 Å². The quantitative estimate of drug-likeness (QED) is 0.333. The summed E-state index contributed by atoms with van der Waals surface area (Å²) in [6, 6.07) is 3.46. The monoisotopic (exact) mass is 439 g/mol. The average molecular weight is 440 g/mol. The molecule has 1 aromatic carbocycles. The minimum absolute atomic E-state index is 0.273. The zero-order valence-electron chi connectivity index (χ0n) is 9.25. The van der Waals surface area contributed by atoms with Gasteiger partial charge in [0.05, 0.1) is 20.0 Å². The van der Waals surface area contributed by atoms with Gasteiger partial charge in [-0.25, -0.2) is 9.37 Å². The van der Waals surface area contributed by atoms with Gasteiger partial charge in [0.15, 0.2) is 5.82 Å². The van der Waals surface area contributed by atoms with E-state index >= 15 is 0 Å². The minimum atomic E-state index is -0.273. The van der Waals surface area contributed by atoms with Crippen molar-refractivity contribution in [3.63, 3.8) is 0 Å². The highest BCUT2D eigenvalue weighted by Crippen LogP contribution is 2.23. The Morgan fingerprint density at radius 3 is 3.00 bits per heavy atom. The highest BCUT2D eigenvalue weighted by atomic mass is 127. The lowest BCUT2D eigenvalue weighted by Crippen LogP contribution is -1.95. The molecule has 18 heavy (non-hydrogen) atoms. The predicted octanol–water partition coefficient (Wildman–Crippen LogP) is 4.40. The molecule has 0 unspecified atom stereocenters. The second-order valence-corrected chi connectivity index (χ2v) is 6.22. The smallest absolute Gasteiger partial charge is 0.203 e. The van der Waals surface area contributed by atoms with Crippen molar-refractivity contribution >= 4 is 61.2 Å². The van der Waals surface area contributed by atoms with Crippen LogP contribution in [0.1, 0.15) is 11.3 Å². The molecule has 0 saturated carbocycles. The number of hydrogen-bond acceptors (Lipinski definition) is 4. The summed E-state index contributed by atoms with van der Waals surface area (Å²) in [5.74, 6) is -0.273. The molecule has 0 fully saturated rings. The van der Waals surface area contributed by atoms with Crippen LogP contribution in [-0.4, -0.2) is 11.2 Å². The molecule has 0 aliphatic carbocycles. The first-order valence-electron chi connectivity index (χ1n) is 4.92. The van der Waals surface area contributed by atoms with E-state index in [0.717, 1.165) is 16.4 Å². The standard InChI is InChI=1S/C11H8BrFIN3S/c1-6-5-18-11(16-6)17-15-4-7-2-3-8(12)9(13)10(7)14/h2-5H,1H3,(H,16,17). The molecule has 3 nitrogen and oxygen atoms in total. The van der Waals surface area contributed by atoms with Crippen LogP contribution in [0.4, 0.5) is 9.52 Å². The van der Waals surface area contributed by atoms with E-state index in [1.54, 1.807) is 18.3 Å². The van der Waals surface area contributed by atoms with Crippen LogP contribution < -0.4 is 5.43 Å². The Balaban J connectivity index is 2.12. The first kappa shape index (κ1) is 13.9. The summed E-state index contributed by atoms with van der Waals surface area (Å²) in [7, 11) is 0. The fourth-order valence-corrected chi connectivity index (χ4v) is 3.15. The number of nitrogens with zero attached hydrogens (tertiary/aromatic N) is 2. The molecule has 94 valence electrons. The molecule has 1 N–H and O–H groups in total. The number of aryl methyl sites for hydroxylation is 1. The van der Waals surface area contributed by atoms with Crippen molar-refractivity contribution in [2.45, 2.75) is 6.92 Å². The fraction of sp³-hybridized carbons (Fsp3) is 0.0909. The lowest BCUT2D eigenvalue weighted by molar-refractivity contribution is 0.613. The van der Waals surface area contributed by atoms with Crippen molar-refractivity contribution in [1.29, 1.82) is 0 Å². The topological polar surface area (TPSA) is 37.3 Å². The second-order valence-electron chi connectivity index (χ2n) is 3.43. The molecule has 0 atom stereocenters. The number of nitrogens with one attached hydrogen (secondary N) is 1. The number of halogens is 3. The van der Waals surface area contributed by atoms with Crippen LogP contribution in [0.3, 0.4) is 0 Å². The normalized spacial score (nSPS) is 11.1. The van der Waals surface area contributed by atoms with E-state index in [2.05, 4.69) is 31.4 Å². The Bertz CT molecular complexity index is 600. The zero-order chi connectivity index (χ0) is 13.1. The SMILES string of the molecule is Cc1csc(NN=Cc2ccc(Br)c(F)c2I)n1. The molecule has 0 radical (unpaired) electrons. The van der Waals surface area contributed by atoms with Crippen LogP contribution in [0.5, 0.6) is 0 Å². The Labute approximate surface area is 130 Å². The Morgan fingerprint density at radius 1 is 1.56 bits per heavy atom. The number of hydrogen-bond donors (Lipinski definition) is 1. The van der Waals surface area contributed by atoms with Gasteiger partial charge in [-0.3, -0.25) is 5.43 Å². The lowest BCUT2D eigenvalue weighted by atomic mass is 10.2. The number of thiazole rings is 1. The number of hydrazone groups is 1. The number of benzene rings is 1. The van der Waals surface area contributed by atoms with E-state index in [1.165, 1.54) is 11.3 Å². The third kappa shape index (κ3) is 3.27. The fourth-order valence-electron chi connectivity index (χ4n) is 1.20. The van der Waals surface area contributed by atoms with Crippen LogP contribution in [0.2, 0.25) is 0 Å². The van der Waals surface area contributed by atoms with Gasteiger partial charge in [0.1, 0.15) is 0 Å². The first-order valence-corrected chi connectivity index (χ1v) is 7.68. The molecular weight excluding hydrogens is 432 g/mol. The predicted molar refractivity (Wildman–Crippen MR) is 84.9 cm³/mol. The number of rotatable bonds is 3. The van der Waals surface area contributed by atoms with Gasteiger partial charge in [-0.2, -0.15) is 5.10 Å². The van der Waals surface area contributed by atoms with E-state index in [4.69, 9.17) is 0 Å². The van der Waals surface area contributed by atoms with Gasteiger partial charge in [-0.15, -0.1) is 11.3 Å². The molecule has 0 saturated heterocycles. The van der Waals surface area contributed by atoms with Crippen LogP contribution in [0, 0.1) is 16.3 Å². The average Bonchev–Trinajstić information content (AvgIpc) is 2.75. The van der Waals surface area contributed by atoms with Gasteiger partial charge in [-0.1, -0.05) is 6.07 Å². The van der Waals surface area contributed by atoms with Crippen molar-refractivity contribution in [1.82, 2.24) is 4.98 Å². The molecule has 2 aromatic rings. The molecule has 0 aliphatic rings. The third-order valence-corrected chi connectivity index (χ3v) is 4.62. The Hall–Kier alpha value is -0.540. The molecule has 7 heteroatoms. The van der Waals surface area contributed by atoms with Crippen molar-refractivity contribution in [3.05, 3.63) is 42.6 Å². The van der Waals surface area contributed by atoms with Crippen molar-refractivity contribution in [3.8, 4) is 0 Å². The van der Waals surface area contributed by atoms with E-state index in [9.17, 15) is 4.39 Å². The Kier molecular flexibility index (Phi) is 4.68. The molecule has 0 aliphatic heterocycles. The molecular formula is C11H8BrFIN3S. The van der Waals surface area contributed by atoms with E-state index in [-0.39, 0.29) is 5.82 Å². The summed E-state index contributed by atoms with van der Waals surface area (Å²) < 4.78 is 14.6. The van der Waals surface area contributed by atoms with E-state index in [1.807, 2.05) is 34.9 Å². The number of aromatic nitrogens is 1. The molecule has 2 rings (SSSR count). The summed E-state index contributed by atoms with van der Waals surface area (Å²) in [5, 5.41) is 6.69. The molecule has 1 aromatic heterocycles. The molecule has 0 bridgehead atoms. The van der Waals surface area contributed by atoms with Gasteiger partial charge in [0, 0.05) is 10.9 Å². The van der Waals surface area contributed by atoms with Crippen molar-refractivity contribution in [2.75, 3.05) is 5.43 Å². The van der Waals surface area contributed by atoms with Crippen molar-refractivity contribution in [2.24, 2.45) is 5.10 Å². The third-order valence-electron chi connectivity index (χ3n) is 2.05. The lowest BCUT2D eigenvalue weighted by Gasteiger charge is -2.01. The molecule has 0 spiro atoms. The second kappa shape index (κ2) is 6.07. The summed E-state index contributed by atoms with van der Waals surface area (Å²) in [6.45, 7) is 1.92. The van der Waals surface area contributed by atoms with Gasteiger partial charge >= 0.3 is 0 Å². The van der Waals surface area contributed by atoms with Gasteiger partial charge in [0.2, 0.25) is 5.13 Å². The molecule has 1 heterocycles.